The summed E-state index contributed by atoms with van der Waals surface area (Å²) in [6, 6.07) is 15.2. The smallest absolute Gasteiger partial charge is 0.258 e. The summed E-state index contributed by atoms with van der Waals surface area (Å²) in [5.74, 6) is 0.344. The van der Waals surface area contributed by atoms with E-state index in [-0.39, 0.29) is 5.91 Å². The molecule has 0 radical (unpaired) electrons. The molecule has 3 aromatic rings. The summed E-state index contributed by atoms with van der Waals surface area (Å²) in [5, 5.41) is 15.1. The van der Waals surface area contributed by atoms with Crippen molar-refractivity contribution in [3.05, 3.63) is 77.1 Å². The quantitative estimate of drug-likeness (QED) is 0.674. The lowest BCUT2D eigenvalue weighted by atomic mass is 9.98. The Bertz CT molecular complexity index is 1040. The van der Waals surface area contributed by atoms with Gasteiger partial charge in [0.1, 0.15) is 6.07 Å². The molecule has 0 atom stereocenters. The molecule has 0 aliphatic heterocycles. The predicted octanol–water partition coefficient (Wildman–Crippen LogP) is 4.78. The number of aryl methyl sites for hydroxylation is 1. The number of nitrogens with zero attached hydrogens (tertiary/aromatic N) is 3. The molecule has 0 aliphatic rings. The lowest BCUT2D eigenvalue weighted by Gasteiger charge is -2.16. The molecule has 1 aromatic heterocycles. The molecule has 6 heteroatoms. The molecule has 6 nitrogen and oxygen atoms in total. The zero-order chi connectivity index (χ0) is 20.1. The highest BCUT2D eigenvalue weighted by molar-refractivity contribution is 6.04. The van der Waals surface area contributed by atoms with Gasteiger partial charge in [0, 0.05) is 18.1 Å². The van der Waals surface area contributed by atoms with E-state index in [9.17, 15) is 4.79 Å². The van der Waals surface area contributed by atoms with Crippen LogP contribution in [0, 0.1) is 18.3 Å². The van der Waals surface area contributed by atoms with Crippen molar-refractivity contribution < 1.29 is 4.79 Å². The van der Waals surface area contributed by atoms with Gasteiger partial charge < -0.3 is 10.6 Å². The summed E-state index contributed by atoms with van der Waals surface area (Å²) in [6.07, 6.45) is 2.93. The number of para-hydroxylation sites is 2. The van der Waals surface area contributed by atoms with Crippen LogP contribution in [-0.4, -0.2) is 15.9 Å². The Kier molecular flexibility index (Phi) is 5.66. The second-order valence-corrected chi connectivity index (χ2v) is 6.73. The Balaban J connectivity index is 1.77. The van der Waals surface area contributed by atoms with Crippen LogP contribution in [0.2, 0.25) is 0 Å². The second-order valence-electron chi connectivity index (χ2n) is 6.73. The number of carbonyl (C=O) groups excluding carboxylic acids is 1. The first-order chi connectivity index (χ1) is 13.5. The number of carbonyl (C=O) groups is 1. The molecule has 0 unspecified atom stereocenters. The van der Waals surface area contributed by atoms with Crippen LogP contribution in [0.15, 0.2) is 54.9 Å². The molecule has 0 bridgehead atoms. The second kappa shape index (κ2) is 8.31. The van der Waals surface area contributed by atoms with Crippen molar-refractivity contribution in [3.8, 4) is 6.07 Å². The zero-order valence-electron chi connectivity index (χ0n) is 16.0. The molecule has 0 fully saturated rings. The van der Waals surface area contributed by atoms with E-state index in [2.05, 4.69) is 40.5 Å². The summed E-state index contributed by atoms with van der Waals surface area (Å²) in [7, 11) is 0. The van der Waals surface area contributed by atoms with E-state index >= 15 is 0 Å². The fourth-order valence-corrected chi connectivity index (χ4v) is 2.85. The van der Waals surface area contributed by atoms with E-state index in [0.717, 1.165) is 16.8 Å². The summed E-state index contributed by atoms with van der Waals surface area (Å²) in [5.41, 5.74) is 4.38. The van der Waals surface area contributed by atoms with Crippen LogP contribution in [0.25, 0.3) is 0 Å². The van der Waals surface area contributed by atoms with E-state index in [1.165, 1.54) is 12.4 Å². The van der Waals surface area contributed by atoms with Crippen molar-refractivity contribution in [2.45, 2.75) is 26.7 Å². The van der Waals surface area contributed by atoms with Gasteiger partial charge in [0.2, 0.25) is 5.95 Å². The number of nitriles is 1. The highest BCUT2D eigenvalue weighted by Crippen LogP contribution is 2.27. The molecule has 140 valence electrons. The first-order valence-electron chi connectivity index (χ1n) is 8.98. The van der Waals surface area contributed by atoms with E-state index in [4.69, 9.17) is 5.26 Å². The van der Waals surface area contributed by atoms with Gasteiger partial charge in [-0.25, -0.2) is 9.97 Å². The largest absolute Gasteiger partial charge is 0.323 e. The van der Waals surface area contributed by atoms with Crippen LogP contribution in [0.4, 0.5) is 17.3 Å². The van der Waals surface area contributed by atoms with E-state index in [1.807, 2.05) is 31.2 Å². The highest BCUT2D eigenvalue weighted by atomic mass is 16.1. The SMILES string of the molecule is Cc1cccc(C(C)C)c1NC(=O)c1cnc(Nc2ccccc2C#N)nc1. The third-order valence-electron chi connectivity index (χ3n) is 4.37. The Hall–Kier alpha value is -3.72. The average Bonchev–Trinajstić information content (AvgIpc) is 2.70. The third kappa shape index (κ3) is 4.15. The minimum atomic E-state index is -0.264. The minimum absolute atomic E-state index is 0.264. The molecule has 28 heavy (non-hydrogen) atoms. The molecule has 2 N–H and O–H groups in total. The van der Waals surface area contributed by atoms with Crippen molar-refractivity contribution in [2.75, 3.05) is 10.6 Å². The Morgan fingerprint density at radius 3 is 2.46 bits per heavy atom. The van der Waals surface area contributed by atoms with Crippen molar-refractivity contribution >= 4 is 23.2 Å². The van der Waals surface area contributed by atoms with Crippen molar-refractivity contribution in [1.82, 2.24) is 9.97 Å². The van der Waals surface area contributed by atoms with Gasteiger partial charge in [-0.3, -0.25) is 4.79 Å². The van der Waals surface area contributed by atoms with Crippen LogP contribution in [0.5, 0.6) is 0 Å². The minimum Gasteiger partial charge on any atom is -0.323 e. The normalized spacial score (nSPS) is 10.4. The van der Waals surface area contributed by atoms with E-state index < -0.39 is 0 Å². The summed E-state index contributed by atoms with van der Waals surface area (Å²) >= 11 is 0. The fourth-order valence-electron chi connectivity index (χ4n) is 2.85. The lowest BCUT2D eigenvalue weighted by Crippen LogP contribution is -2.15. The van der Waals surface area contributed by atoms with Gasteiger partial charge in [-0.2, -0.15) is 5.26 Å². The monoisotopic (exact) mass is 371 g/mol. The first-order valence-corrected chi connectivity index (χ1v) is 8.98. The van der Waals surface area contributed by atoms with Crippen LogP contribution in [0.1, 0.15) is 46.8 Å². The van der Waals surface area contributed by atoms with Crippen molar-refractivity contribution in [2.24, 2.45) is 0 Å². The highest BCUT2D eigenvalue weighted by Gasteiger charge is 2.14. The molecule has 0 saturated heterocycles. The van der Waals surface area contributed by atoms with Crippen LogP contribution >= 0.6 is 0 Å². The van der Waals surface area contributed by atoms with Gasteiger partial charge in [-0.05, 0) is 36.1 Å². The zero-order valence-corrected chi connectivity index (χ0v) is 16.0. The van der Waals surface area contributed by atoms with Gasteiger partial charge in [-0.1, -0.05) is 44.2 Å². The number of nitrogens with one attached hydrogen (secondary N) is 2. The first kappa shape index (κ1) is 19.1. The Morgan fingerprint density at radius 1 is 1.07 bits per heavy atom. The van der Waals surface area contributed by atoms with Crippen molar-refractivity contribution in [1.29, 1.82) is 5.26 Å². The molecule has 3 rings (SSSR count). The molecule has 1 heterocycles. The van der Waals surface area contributed by atoms with Crippen LogP contribution < -0.4 is 10.6 Å². The van der Waals surface area contributed by atoms with Gasteiger partial charge >= 0.3 is 0 Å². The molecular formula is C22H21N5O. The number of hydrogen-bond acceptors (Lipinski definition) is 5. The van der Waals surface area contributed by atoms with Crippen LogP contribution in [-0.2, 0) is 0 Å². The maximum atomic E-state index is 12.7. The maximum Gasteiger partial charge on any atom is 0.258 e. The molecule has 0 aliphatic carbocycles. The van der Waals surface area contributed by atoms with Gasteiger partial charge in [0.05, 0.1) is 16.8 Å². The molecule has 1 amide bonds. The number of rotatable bonds is 5. The van der Waals surface area contributed by atoms with Crippen molar-refractivity contribution in [3.63, 3.8) is 0 Å². The third-order valence-corrected chi connectivity index (χ3v) is 4.37. The number of aromatic nitrogens is 2. The Morgan fingerprint density at radius 2 is 1.79 bits per heavy atom. The maximum absolute atomic E-state index is 12.7. The topological polar surface area (TPSA) is 90.7 Å². The fraction of sp³-hybridized carbons (Fsp3) is 0.182. The summed E-state index contributed by atoms with van der Waals surface area (Å²) in [6.45, 7) is 6.15. The van der Waals surface area contributed by atoms with Gasteiger partial charge in [0.15, 0.2) is 0 Å². The van der Waals surface area contributed by atoms with Gasteiger partial charge in [0.25, 0.3) is 5.91 Å². The number of anilines is 3. The lowest BCUT2D eigenvalue weighted by molar-refractivity contribution is 0.102. The van der Waals surface area contributed by atoms with Crippen LogP contribution in [0.3, 0.4) is 0 Å². The predicted molar refractivity (Wildman–Crippen MR) is 110 cm³/mol. The summed E-state index contributed by atoms with van der Waals surface area (Å²) < 4.78 is 0. The standard InChI is InChI=1S/C22H21N5O/c1-14(2)18-9-6-7-15(3)20(18)27-21(28)17-12-24-22(25-13-17)26-19-10-5-4-8-16(19)11-23/h4-10,12-14H,1-3H3,(H,27,28)(H,24,25,26). The molecule has 0 spiro atoms. The summed E-state index contributed by atoms with van der Waals surface area (Å²) in [4.78, 5) is 21.1. The molecular weight excluding hydrogens is 350 g/mol. The average molecular weight is 371 g/mol. The van der Waals surface area contributed by atoms with E-state index in [1.54, 1.807) is 18.2 Å². The van der Waals surface area contributed by atoms with Gasteiger partial charge in [-0.15, -0.1) is 0 Å². The number of benzene rings is 2. The number of amides is 1. The molecule has 0 saturated carbocycles. The molecule has 2 aromatic carbocycles. The Labute approximate surface area is 164 Å². The van der Waals surface area contributed by atoms with E-state index in [0.29, 0.717) is 28.7 Å². The number of hydrogen-bond donors (Lipinski definition) is 2.